The first-order chi connectivity index (χ1) is 8.61. The van der Waals surface area contributed by atoms with Crippen molar-refractivity contribution >= 4 is 0 Å². The van der Waals surface area contributed by atoms with Gasteiger partial charge in [0.25, 0.3) is 0 Å². The van der Waals surface area contributed by atoms with E-state index in [9.17, 15) is 4.39 Å². The third-order valence-electron chi connectivity index (χ3n) is 3.55. The van der Waals surface area contributed by atoms with Gasteiger partial charge in [-0.05, 0) is 26.0 Å². The van der Waals surface area contributed by atoms with Crippen molar-refractivity contribution in [3.63, 3.8) is 0 Å². The number of hydrogen-bond acceptors (Lipinski definition) is 3. The van der Waals surface area contributed by atoms with Crippen LogP contribution in [0, 0.1) is 17.1 Å². The van der Waals surface area contributed by atoms with Crippen molar-refractivity contribution in [2.75, 3.05) is 13.1 Å². The summed E-state index contributed by atoms with van der Waals surface area (Å²) in [6, 6.07) is 7.44. The van der Waals surface area contributed by atoms with Crippen molar-refractivity contribution in [1.82, 2.24) is 10.2 Å². The molecule has 1 heterocycles. The van der Waals surface area contributed by atoms with E-state index in [-0.39, 0.29) is 5.82 Å². The number of piperazine rings is 1. The lowest BCUT2D eigenvalue weighted by atomic mass is 10.1. The van der Waals surface area contributed by atoms with Gasteiger partial charge in [-0.15, -0.1) is 0 Å². The van der Waals surface area contributed by atoms with Crippen LogP contribution in [-0.4, -0.2) is 30.1 Å². The Balaban J connectivity index is 2.15. The molecule has 0 aromatic heterocycles. The summed E-state index contributed by atoms with van der Waals surface area (Å²) >= 11 is 0. The maximum atomic E-state index is 13.9. The number of nitrogens with one attached hydrogen (secondary N) is 1. The topological polar surface area (TPSA) is 39.1 Å². The minimum absolute atomic E-state index is 0.285. The average molecular weight is 247 g/mol. The molecule has 2 rings (SSSR count). The highest BCUT2D eigenvalue weighted by atomic mass is 19.1. The summed E-state index contributed by atoms with van der Waals surface area (Å²) in [5.41, 5.74) is 1.03. The van der Waals surface area contributed by atoms with E-state index in [4.69, 9.17) is 5.26 Å². The van der Waals surface area contributed by atoms with Crippen LogP contribution >= 0.6 is 0 Å². The molecule has 0 radical (unpaired) electrons. The quantitative estimate of drug-likeness (QED) is 0.867. The maximum Gasteiger partial charge on any atom is 0.129 e. The van der Waals surface area contributed by atoms with Crippen molar-refractivity contribution in [3.8, 4) is 6.07 Å². The molecule has 2 atom stereocenters. The summed E-state index contributed by atoms with van der Waals surface area (Å²) in [5, 5.41) is 12.1. The normalized spacial score (nSPS) is 24.8. The van der Waals surface area contributed by atoms with E-state index >= 15 is 0 Å². The Morgan fingerprint density at radius 2 is 2.06 bits per heavy atom. The molecule has 0 aliphatic carbocycles. The second-order valence-electron chi connectivity index (χ2n) is 4.95. The van der Waals surface area contributed by atoms with Crippen molar-refractivity contribution in [2.45, 2.75) is 32.5 Å². The highest BCUT2D eigenvalue weighted by Crippen LogP contribution is 2.17. The first-order valence-electron chi connectivity index (χ1n) is 6.27. The Hall–Kier alpha value is -1.44. The predicted octanol–water partition coefficient (Wildman–Crippen LogP) is 1.88. The second kappa shape index (κ2) is 5.47. The van der Waals surface area contributed by atoms with Crippen LogP contribution in [0.3, 0.4) is 0 Å². The number of nitrogens with zero attached hydrogens (tertiary/aromatic N) is 2. The molecule has 3 nitrogen and oxygen atoms in total. The van der Waals surface area contributed by atoms with E-state index in [1.807, 2.05) is 6.07 Å². The number of hydrogen-bond donors (Lipinski definition) is 1. The van der Waals surface area contributed by atoms with E-state index in [0.29, 0.717) is 29.8 Å². The molecule has 0 bridgehead atoms. The summed E-state index contributed by atoms with van der Waals surface area (Å²) in [6.45, 7) is 6.75. The molecule has 1 aliphatic rings. The molecular weight excluding hydrogens is 229 g/mol. The largest absolute Gasteiger partial charge is 0.314 e. The summed E-state index contributed by atoms with van der Waals surface area (Å²) in [5.74, 6) is -0.285. The summed E-state index contributed by atoms with van der Waals surface area (Å²) < 4.78 is 13.9. The highest BCUT2D eigenvalue weighted by Gasteiger charge is 2.25. The molecule has 2 unspecified atom stereocenters. The molecule has 18 heavy (non-hydrogen) atoms. The van der Waals surface area contributed by atoms with Gasteiger partial charge in [0.05, 0.1) is 11.6 Å². The standard InChI is InChI=1S/C14H18FN3/c1-10-7-17-8-11(2)18(10)9-13-4-3-12(6-16)5-14(13)15/h3-5,10-11,17H,7-9H2,1-2H3. The zero-order valence-corrected chi connectivity index (χ0v) is 10.8. The van der Waals surface area contributed by atoms with Gasteiger partial charge in [-0.1, -0.05) is 6.07 Å². The number of benzene rings is 1. The van der Waals surface area contributed by atoms with Crippen LogP contribution in [0.5, 0.6) is 0 Å². The SMILES string of the molecule is CC1CNCC(C)N1Cc1ccc(C#N)cc1F. The number of nitriles is 1. The van der Waals surface area contributed by atoms with Crippen molar-refractivity contribution in [1.29, 1.82) is 5.26 Å². The Morgan fingerprint density at radius 3 is 2.61 bits per heavy atom. The minimum Gasteiger partial charge on any atom is -0.314 e. The van der Waals surface area contributed by atoms with Crippen LogP contribution in [0.15, 0.2) is 18.2 Å². The molecule has 1 fully saturated rings. The van der Waals surface area contributed by atoms with Crippen LogP contribution < -0.4 is 5.32 Å². The molecule has 1 aromatic carbocycles. The molecular formula is C14H18FN3. The van der Waals surface area contributed by atoms with Crippen molar-refractivity contribution < 1.29 is 4.39 Å². The lowest BCUT2D eigenvalue weighted by Crippen LogP contribution is -2.54. The Labute approximate surface area is 107 Å². The highest BCUT2D eigenvalue weighted by molar-refractivity contribution is 5.32. The van der Waals surface area contributed by atoms with Gasteiger partial charge in [-0.3, -0.25) is 4.90 Å². The lowest BCUT2D eigenvalue weighted by Gasteiger charge is -2.39. The van der Waals surface area contributed by atoms with Gasteiger partial charge in [0, 0.05) is 37.3 Å². The van der Waals surface area contributed by atoms with Gasteiger partial charge in [-0.2, -0.15) is 5.26 Å². The molecule has 0 saturated carbocycles. The summed E-state index contributed by atoms with van der Waals surface area (Å²) in [4.78, 5) is 2.29. The third-order valence-corrected chi connectivity index (χ3v) is 3.55. The zero-order valence-electron chi connectivity index (χ0n) is 10.8. The van der Waals surface area contributed by atoms with Gasteiger partial charge >= 0.3 is 0 Å². The van der Waals surface area contributed by atoms with Gasteiger partial charge in [0.15, 0.2) is 0 Å². The smallest absolute Gasteiger partial charge is 0.129 e. The number of halogens is 1. The first-order valence-corrected chi connectivity index (χ1v) is 6.27. The fraction of sp³-hybridized carbons (Fsp3) is 0.500. The van der Waals surface area contributed by atoms with Gasteiger partial charge in [0.1, 0.15) is 5.82 Å². The lowest BCUT2D eigenvalue weighted by molar-refractivity contribution is 0.107. The van der Waals surface area contributed by atoms with E-state index in [0.717, 1.165) is 13.1 Å². The molecule has 1 aromatic rings. The summed E-state index contributed by atoms with van der Waals surface area (Å²) in [7, 11) is 0. The minimum atomic E-state index is -0.285. The monoisotopic (exact) mass is 247 g/mol. The first kappa shape index (κ1) is 13.0. The van der Waals surface area contributed by atoms with E-state index in [1.165, 1.54) is 6.07 Å². The van der Waals surface area contributed by atoms with Gasteiger partial charge < -0.3 is 5.32 Å². The van der Waals surface area contributed by atoms with Crippen LogP contribution in [0.2, 0.25) is 0 Å². The molecule has 0 amide bonds. The van der Waals surface area contributed by atoms with E-state index < -0.39 is 0 Å². The van der Waals surface area contributed by atoms with Crippen LogP contribution in [-0.2, 0) is 6.54 Å². The van der Waals surface area contributed by atoms with Crippen LogP contribution in [0.1, 0.15) is 25.0 Å². The molecule has 0 spiro atoms. The van der Waals surface area contributed by atoms with Crippen molar-refractivity contribution in [2.24, 2.45) is 0 Å². The van der Waals surface area contributed by atoms with Crippen molar-refractivity contribution in [3.05, 3.63) is 35.1 Å². The summed E-state index contributed by atoms with van der Waals surface area (Å²) in [6.07, 6.45) is 0. The van der Waals surface area contributed by atoms with Crippen LogP contribution in [0.4, 0.5) is 4.39 Å². The molecule has 4 heteroatoms. The average Bonchev–Trinajstić information content (AvgIpc) is 2.35. The molecule has 1 aliphatic heterocycles. The molecule has 96 valence electrons. The fourth-order valence-electron chi connectivity index (χ4n) is 2.42. The van der Waals surface area contributed by atoms with Gasteiger partial charge in [0.2, 0.25) is 0 Å². The zero-order chi connectivity index (χ0) is 13.1. The number of rotatable bonds is 2. The molecule has 1 saturated heterocycles. The second-order valence-corrected chi connectivity index (χ2v) is 4.95. The Morgan fingerprint density at radius 1 is 1.39 bits per heavy atom. The third kappa shape index (κ3) is 2.69. The Bertz CT molecular complexity index is 457. The van der Waals surface area contributed by atoms with Crippen LogP contribution in [0.25, 0.3) is 0 Å². The van der Waals surface area contributed by atoms with E-state index in [2.05, 4.69) is 24.1 Å². The predicted molar refractivity (Wildman–Crippen MR) is 68.5 cm³/mol. The Kier molecular flexibility index (Phi) is 3.95. The maximum absolute atomic E-state index is 13.9. The van der Waals surface area contributed by atoms with Gasteiger partial charge in [-0.25, -0.2) is 4.39 Å². The fourth-order valence-corrected chi connectivity index (χ4v) is 2.42. The van der Waals surface area contributed by atoms with E-state index in [1.54, 1.807) is 12.1 Å². The molecule has 1 N–H and O–H groups in total.